The van der Waals surface area contributed by atoms with Gasteiger partial charge in [0.25, 0.3) is 11.1 Å². The van der Waals surface area contributed by atoms with Crippen LogP contribution in [0.5, 0.6) is 0 Å². The Hall–Kier alpha value is -2.83. The van der Waals surface area contributed by atoms with Crippen LogP contribution >= 0.6 is 11.8 Å². The van der Waals surface area contributed by atoms with Gasteiger partial charge in [-0.2, -0.15) is 0 Å². The van der Waals surface area contributed by atoms with Gasteiger partial charge in [-0.05, 0) is 60.5 Å². The standard InChI is InChI=1S/C26H31N3O2S/c1-26(2,3)20-10-6-18(7-11-20)16-22-24(30)28-23(25(31)27-22)17-19-8-12-21(13-9-19)32-15-14-29(4)5/h6-13,16-17H,14-15H2,1-5H3,(H,27,31)(H,28,30). The number of hydrogen-bond donors (Lipinski definition) is 2. The summed E-state index contributed by atoms with van der Waals surface area (Å²) in [5.41, 5.74) is 2.34. The third kappa shape index (κ3) is 6.58. The van der Waals surface area contributed by atoms with E-state index in [1.54, 1.807) is 23.9 Å². The third-order valence-corrected chi connectivity index (χ3v) is 6.06. The lowest BCUT2D eigenvalue weighted by Crippen LogP contribution is -2.46. The molecule has 0 aliphatic rings. The molecule has 0 saturated heterocycles. The maximum Gasteiger partial charge on any atom is 0.272 e. The van der Waals surface area contributed by atoms with Gasteiger partial charge in [0.15, 0.2) is 0 Å². The van der Waals surface area contributed by atoms with Crippen molar-refractivity contribution in [1.82, 2.24) is 14.9 Å². The summed E-state index contributed by atoms with van der Waals surface area (Å²) in [4.78, 5) is 33.9. The number of rotatable bonds is 6. The van der Waals surface area contributed by atoms with Crippen molar-refractivity contribution in [2.24, 2.45) is 0 Å². The quantitative estimate of drug-likeness (QED) is 0.568. The van der Waals surface area contributed by atoms with Crippen LogP contribution in [-0.4, -0.2) is 41.3 Å². The summed E-state index contributed by atoms with van der Waals surface area (Å²) in [5, 5.41) is 0.478. The van der Waals surface area contributed by atoms with E-state index in [-0.39, 0.29) is 27.2 Å². The number of hydrogen-bond acceptors (Lipinski definition) is 4. The van der Waals surface area contributed by atoms with Gasteiger partial charge >= 0.3 is 0 Å². The predicted octanol–water partition coefficient (Wildman–Crippen LogP) is 2.67. The van der Waals surface area contributed by atoms with Gasteiger partial charge in [-0.25, -0.2) is 0 Å². The van der Waals surface area contributed by atoms with Crippen molar-refractivity contribution in [2.75, 3.05) is 26.4 Å². The minimum Gasteiger partial charge on any atom is -0.316 e. The van der Waals surface area contributed by atoms with Crippen molar-refractivity contribution in [3.05, 3.63) is 96.6 Å². The first-order chi connectivity index (χ1) is 15.1. The lowest BCUT2D eigenvalue weighted by Gasteiger charge is -2.18. The minimum atomic E-state index is -0.327. The van der Waals surface area contributed by atoms with E-state index in [1.807, 2.05) is 48.5 Å². The second-order valence-corrected chi connectivity index (χ2v) is 10.3. The van der Waals surface area contributed by atoms with Crippen molar-refractivity contribution < 1.29 is 0 Å². The molecule has 0 bridgehead atoms. The molecule has 168 valence electrons. The number of benzene rings is 2. The zero-order valence-corrected chi connectivity index (χ0v) is 20.2. The van der Waals surface area contributed by atoms with Gasteiger partial charge < -0.3 is 14.9 Å². The second kappa shape index (κ2) is 10.2. The molecule has 5 nitrogen and oxygen atoms in total. The zero-order chi connectivity index (χ0) is 23.3. The molecule has 1 heterocycles. The lowest BCUT2D eigenvalue weighted by atomic mass is 9.87. The summed E-state index contributed by atoms with van der Waals surface area (Å²) in [6, 6.07) is 16.0. The topological polar surface area (TPSA) is 69.0 Å². The van der Waals surface area contributed by atoms with Crippen molar-refractivity contribution in [3.63, 3.8) is 0 Å². The van der Waals surface area contributed by atoms with Crippen LogP contribution in [0.4, 0.5) is 0 Å². The highest BCUT2D eigenvalue weighted by Gasteiger charge is 2.12. The Morgan fingerprint density at radius 1 is 0.812 bits per heavy atom. The van der Waals surface area contributed by atoms with Crippen LogP contribution in [0.3, 0.4) is 0 Å². The van der Waals surface area contributed by atoms with Crippen LogP contribution in [0.2, 0.25) is 0 Å². The summed E-state index contributed by atoms with van der Waals surface area (Å²) in [7, 11) is 4.12. The highest BCUT2D eigenvalue weighted by atomic mass is 32.2. The van der Waals surface area contributed by atoms with E-state index in [0.717, 1.165) is 23.4 Å². The molecule has 0 aliphatic carbocycles. The molecule has 2 aromatic carbocycles. The Bertz CT molecular complexity index is 1280. The molecule has 1 aromatic heterocycles. The highest BCUT2D eigenvalue weighted by Crippen LogP contribution is 2.22. The van der Waals surface area contributed by atoms with E-state index in [4.69, 9.17) is 0 Å². The maximum atomic E-state index is 12.6. The molecule has 0 spiro atoms. The number of H-pyrrole nitrogens is 2. The number of aromatic nitrogens is 2. The van der Waals surface area contributed by atoms with Crippen LogP contribution in [-0.2, 0) is 5.41 Å². The molecule has 32 heavy (non-hydrogen) atoms. The molecular formula is C26H31N3O2S. The average Bonchev–Trinajstić information content (AvgIpc) is 2.72. The van der Waals surface area contributed by atoms with E-state index >= 15 is 0 Å². The van der Waals surface area contributed by atoms with Crippen LogP contribution in [0.1, 0.15) is 37.5 Å². The van der Waals surface area contributed by atoms with Crippen LogP contribution in [0.15, 0.2) is 63.0 Å². The van der Waals surface area contributed by atoms with Crippen molar-refractivity contribution in [1.29, 1.82) is 0 Å². The average molecular weight is 450 g/mol. The van der Waals surface area contributed by atoms with Crippen molar-refractivity contribution in [2.45, 2.75) is 31.1 Å². The van der Waals surface area contributed by atoms with E-state index in [0.29, 0.717) is 0 Å². The first-order valence-electron chi connectivity index (χ1n) is 10.7. The van der Waals surface area contributed by atoms with Gasteiger partial charge in [-0.15, -0.1) is 11.8 Å². The smallest absolute Gasteiger partial charge is 0.272 e. The van der Waals surface area contributed by atoms with E-state index in [9.17, 15) is 9.59 Å². The van der Waals surface area contributed by atoms with Gasteiger partial charge in [-0.1, -0.05) is 57.2 Å². The Labute approximate surface area is 192 Å². The highest BCUT2D eigenvalue weighted by molar-refractivity contribution is 7.99. The second-order valence-electron chi connectivity index (χ2n) is 9.12. The van der Waals surface area contributed by atoms with E-state index in [1.165, 1.54) is 10.5 Å². The summed E-state index contributed by atoms with van der Waals surface area (Å²) < 4.78 is 0. The molecule has 0 amide bonds. The van der Waals surface area contributed by atoms with Crippen LogP contribution in [0.25, 0.3) is 12.2 Å². The minimum absolute atomic E-state index is 0.0604. The largest absolute Gasteiger partial charge is 0.316 e. The molecule has 3 rings (SSSR count). The first kappa shape index (κ1) is 23.8. The van der Waals surface area contributed by atoms with E-state index < -0.39 is 0 Å². The molecule has 6 heteroatoms. The van der Waals surface area contributed by atoms with Gasteiger partial charge in [-0.3, -0.25) is 9.59 Å². The van der Waals surface area contributed by atoms with Crippen LogP contribution < -0.4 is 21.8 Å². The number of aromatic amines is 2. The Kier molecular flexibility index (Phi) is 7.59. The summed E-state index contributed by atoms with van der Waals surface area (Å²) >= 11 is 1.79. The van der Waals surface area contributed by atoms with Crippen molar-refractivity contribution in [3.8, 4) is 0 Å². The SMILES string of the molecule is CN(C)CCSc1ccc(C=c2[nH]c(=O)c(=Cc3ccc(C(C)(C)C)cc3)[nH]c2=O)cc1. The summed E-state index contributed by atoms with van der Waals surface area (Å²) in [5.74, 6) is 1.01. The molecule has 2 N–H and O–H groups in total. The molecular weight excluding hydrogens is 418 g/mol. The predicted molar refractivity (Wildman–Crippen MR) is 135 cm³/mol. The normalized spacial score (nSPS) is 13.2. The number of nitrogens with one attached hydrogen (secondary N) is 2. The third-order valence-electron chi connectivity index (χ3n) is 5.07. The number of nitrogens with zero attached hydrogens (tertiary/aromatic N) is 1. The van der Waals surface area contributed by atoms with Gasteiger partial charge in [0, 0.05) is 17.2 Å². The summed E-state index contributed by atoms with van der Waals surface area (Å²) in [6.45, 7) is 7.47. The molecule has 0 atom stereocenters. The molecule has 0 radical (unpaired) electrons. The number of thioether (sulfide) groups is 1. The fourth-order valence-corrected chi connectivity index (χ4v) is 4.14. The zero-order valence-electron chi connectivity index (χ0n) is 19.4. The van der Waals surface area contributed by atoms with Gasteiger partial charge in [0.05, 0.1) is 0 Å². The maximum absolute atomic E-state index is 12.6. The van der Waals surface area contributed by atoms with E-state index in [2.05, 4.69) is 49.7 Å². The summed E-state index contributed by atoms with van der Waals surface area (Å²) in [6.07, 6.45) is 3.38. The Balaban J connectivity index is 1.84. The molecule has 0 saturated carbocycles. The lowest BCUT2D eigenvalue weighted by molar-refractivity contribution is 0.437. The Morgan fingerprint density at radius 3 is 1.72 bits per heavy atom. The van der Waals surface area contributed by atoms with Gasteiger partial charge in [0.2, 0.25) is 0 Å². The monoisotopic (exact) mass is 449 g/mol. The fourth-order valence-electron chi connectivity index (χ4n) is 3.12. The van der Waals surface area contributed by atoms with Gasteiger partial charge in [0.1, 0.15) is 10.7 Å². The Morgan fingerprint density at radius 2 is 1.28 bits per heavy atom. The first-order valence-corrected chi connectivity index (χ1v) is 11.6. The molecule has 0 unspecified atom stereocenters. The molecule has 0 fully saturated rings. The molecule has 0 aliphatic heterocycles. The fraction of sp³-hybridized carbons (Fsp3) is 0.308. The van der Waals surface area contributed by atoms with Crippen LogP contribution in [0, 0.1) is 0 Å². The molecule has 3 aromatic rings. The van der Waals surface area contributed by atoms with Crippen molar-refractivity contribution >= 4 is 23.9 Å².